The summed E-state index contributed by atoms with van der Waals surface area (Å²) in [5, 5.41) is 3.61. The van der Waals surface area contributed by atoms with Crippen molar-refractivity contribution < 1.29 is 9.59 Å². The Morgan fingerprint density at radius 3 is 2.57 bits per heavy atom. The fraction of sp³-hybridized carbons (Fsp3) is 0.571. The van der Waals surface area contributed by atoms with Crippen LogP contribution in [0.5, 0.6) is 0 Å². The van der Waals surface area contributed by atoms with Gasteiger partial charge in [0.1, 0.15) is 6.54 Å². The third-order valence-corrected chi connectivity index (χ3v) is 5.89. The summed E-state index contributed by atoms with van der Waals surface area (Å²) in [6, 6.07) is 7.93. The molecule has 1 aliphatic rings. The molecule has 1 aromatic carbocycles. The zero-order valence-corrected chi connectivity index (χ0v) is 18.0. The molecule has 0 bridgehead atoms. The van der Waals surface area contributed by atoms with Crippen LogP contribution in [0.4, 0.5) is 0 Å². The number of carbonyl (C=O) groups excluding carboxylic acids is 2. The van der Waals surface area contributed by atoms with Gasteiger partial charge in [0.15, 0.2) is 5.16 Å². The summed E-state index contributed by atoms with van der Waals surface area (Å²) in [5.74, 6) is 1.44. The number of fused-ring (bicyclic) bond motifs is 1. The van der Waals surface area contributed by atoms with Gasteiger partial charge >= 0.3 is 0 Å². The van der Waals surface area contributed by atoms with Crippen molar-refractivity contribution >= 4 is 34.6 Å². The number of rotatable bonds is 6. The second kappa shape index (κ2) is 8.99. The van der Waals surface area contributed by atoms with Crippen molar-refractivity contribution in [3.8, 4) is 0 Å². The highest BCUT2D eigenvalue weighted by Gasteiger charge is 2.26. The maximum Gasteiger partial charge on any atom is 0.242 e. The van der Waals surface area contributed by atoms with Crippen LogP contribution in [0.25, 0.3) is 11.0 Å². The van der Waals surface area contributed by atoms with Crippen LogP contribution in [0, 0.1) is 11.8 Å². The molecule has 28 heavy (non-hydrogen) atoms. The quantitative estimate of drug-likeness (QED) is 0.754. The monoisotopic (exact) mass is 402 g/mol. The smallest absolute Gasteiger partial charge is 0.242 e. The van der Waals surface area contributed by atoms with E-state index in [1.165, 1.54) is 18.2 Å². The summed E-state index contributed by atoms with van der Waals surface area (Å²) in [6.45, 7) is 10.2. The van der Waals surface area contributed by atoms with Crippen molar-refractivity contribution in [2.45, 2.75) is 51.9 Å². The van der Waals surface area contributed by atoms with Gasteiger partial charge in [0.25, 0.3) is 0 Å². The Balaban J connectivity index is 1.78. The Morgan fingerprint density at radius 2 is 1.89 bits per heavy atom. The summed E-state index contributed by atoms with van der Waals surface area (Å²) in [5.41, 5.74) is 1.78. The highest BCUT2D eigenvalue weighted by molar-refractivity contribution is 7.99. The molecule has 2 amide bonds. The van der Waals surface area contributed by atoms with Crippen molar-refractivity contribution in [2.24, 2.45) is 11.8 Å². The third kappa shape index (κ3) is 5.07. The number of hydrogen-bond donors (Lipinski definition) is 1. The summed E-state index contributed by atoms with van der Waals surface area (Å²) < 4.78 is 1.95. The summed E-state index contributed by atoms with van der Waals surface area (Å²) >= 11 is 1.38. The molecular formula is C21H30N4O2S. The lowest BCUT2D eigenvalue weighted by Gasteiger charge is -2.35. The second-order valence-corrected chi connectivity index (χ2v) is 9.17. The van der Waals surface area contributed by atoms with Gasteiger partial charge in [0.2, 0.25) is 11.8 Å². The highest BCUT2D eigenvalue weighted by atomic mass is 32.2. The van der Waals surface area contributed by atoms with E-state index in [9.17, 15) is 9.59 Å². The molecule has 0 aliphatic carbocycles. The molecule has 3 rings (SSSR count). The van der Waals surface area contributed by atoms with Crippen molar-refractivity contribution in [1.29, 1.82) is 0 Å². The zero-order valence-electron chi connectivity index (χ0n) is 17.1. The van der Waals surface area contributed by atoms with E-state index in [0.29, 0.717) is 17.0 Å². The number of nitrogens with zero attached hydrogens (tertiary/aromatic N) is 3. The number of aromatic nitrogens is 2. The molecule has 152 valence electrons. The predicted octanol–water partition coefficient (Wildman–Crippen LogP) is 3.16. The van der Waals surface area contributed by atoms with Crippen LogP contribution in [0.2, 0.25) is 0 Å². The summed E-state index contributed by atoms with van der Waals surface area (Å²) in [6.07, 6.45) is 1.17. The van der Waals surface area contributed by atoms with Crippen LogP contribution in [0.15, 0.2) is 29.4 Å². The lowest BCUT2D eigenvalue weighted by atomic mass is 9.92. The number of piperidine rings is 1. The molecule has 0 saturated carbocycles. The molecule has 1 aromatic heterocycles. The van der Waals surface area contributed by atoms with Crippen molar-refractivity contribution in [1.82, 2.24) is 19.8 Å². The Labute approximate surface area is 171 Å². The fourth-order valence-corrected chi connectivity index (χ4v) is 4.74. The molecule has 1 saturated heterocycles. The number of amides is 2. The van der Waals surface area contributed by atoms with Crippen LogP contribution in [0.3, 0.4) is 0 Å². The Hall–Kier alpha value is -2.02. The van der Waals surface area contributed by atoms with Crippen LogP contribution in [-0.4, -0.2) is 51.1 Å². The number of para-hydroxylation sites is 2. The number of benzene rings is 1. The standard InChI is InChI=1S/C21H30N4O2S/c1-14(2)22-19(26)13-28-21-23-17-7-5-6-8-18(17)25(21)12-20(27)24-10-15(3)9-16(4)11-24/h5-8,14-16H,9-13H2,1-4H3,(H,22,26)/t15-,16+. The van der Waals surface area contributed by atoms with Gasteiger partial charge in [-0.2, -0.15) is 0 Å². The molecule has 0 radical (unpaired) electrons. The minimum absolute atomic E-state index is 0.0244. The Bertz CT molecular complexity index is 838. The first kappa shape index (κ1) is 20.7. The van der Waals surface area contributed by atoms with E-state index in [2.05, 4.69) is 24.1 Å². The minimum atomic E-state index is -0.0244. The van der Waals surface area contributed by atoms with E-state index in [0.717, 1.165) is 24.1 Å². The molecule has 7 heteroatoms. The van der Waals surface area contributed by atoms with E-state index in [-0.39, 0.29) is 30.2 Å². The summed E-state index contributed by atoms with van der Waals surface area (Å²) in [4.78, 5) is 31.7. The van der Waals surface area contributed by atoms with Gasteiger partial charge in [0, 0.05) is 19.1 Å². The molecule has 1 fully saturated rings. The molecular weight excluding hydrogens is 372 g/mol. The Morgan fingerprint density at radius 1 is 1.21 bits per heavy atom. The van der Waals surface area contributed by atoms with Gasteiger partial charge in [-0.05, 0) is 44.2 Å². The zero-order chi connectivity index (χ0) is 20.3. The molecule has 2 heterocycles. The number of imidazole rings is 1. The number of hydrogen-bond acceptors (Lipinski definition) is 4. The number of likely N-dealkylation sites (tertiary alicyclic amines) is 1. The van der Waals surface area contributed by atoms with Gasteiger partial charge in [-0.15, -0.1) is 0 Å². The van der Waals surface area contributed by atoms with Gasteiger partial charge in [0.05, 0.1) is 16.8 Å². The average Bonchev–Trinajstić information content (AvgIpc) is 2.96. The molecule has 1 aliphatic heterocycles. The van der Waals surface area contributed by atoms with E-state index >= 15 is 0 Å². The number of nitrogens with one attached hydrogen (secondary N) is 1. The van der Waals surface area contributed by atoms with E-state index < -0.39 is 0 Å². The van der Waals surface area contributed by atoms with E-state index in [1.807, 2.05) is 47.6 Å². The topological polar surface area (TPSA) is 67.2 Å². The van der Waals surface area contributed by atoms with Crippen LogP contribution < -0.4 is 5.32 Å². The van der Waals surface area contributed by atoms with Gasteiger partial charge in [-0.1, -0.05) is 37.7 Å². The maximum absolute atomic E-state index is 13.0. The summed E-state index contributed by atoms with van der Waals surface area (Å²) in [7, 11) is 0. The van der Waals surface area contributed by atoms with Crippen molar-refractivity contribution in [3.63, 3.8) is 0 Å². The van der Waals surface area contributed by atoms with Gasteiger partial charge in [-0.25, -0.2) is 4.98 Å². The third-order valence-electron chi connectivity index (χ3n) is 4.92. The Kier molecular flexibility index (Phi) is 6.65. The van der Waals surface area contributed by atoms with E-state index in [4.69, 9.17) is 0 Å². The maximum atomic E-state index is 13.0. The minimum Gasteiger partial charge on any atom is -0.353 e. The second-order valence-electron chi connectivity index (χ2n) is 8.22. The molecule has 2 aromatic rings. The first-order chi connectivity index (χ1) is 13.3. The van der Waals surface area contributed by atoms with E-state index in [1.54, 1.807) is 0 Å². The van der Waals surface area contributed by atoms with Crippen molar-refractivity contribution in [3.05, 3.63) is 24.3 Å². The molecule has 0 unspecified atom stereocenters. The first-order valence-corrected chi connectivity index (χ1v) is 11.0. The molecule has 1 N–H and O–H groups in total. The lowest BCUT2D eigenvalue weighted by molar-refractivity contribution is -0.134. The highest BCUT2D eigenvalue weighted by Crippen LogP contribution is 2.26. The number of carbonyl (C=O) groups is 2. The largest absolute Gasteiger partial charge is 0.353 e. The fourth-order valence-electron chi connectivity index (χ4n) is 3.91. The van der Waals surface area contributed by atoms with Gasteiger partial charge < -0.3 is 14.8 Å². The average molecular weight is 403 g/mol. The normalized spacial score (nSPS) is 20.0. The predicted molar refractivity (Wildman–Crippen MR) is 113 cm³/mol. The van der Waals surface area contributed by atoms with Crippen LogP contribution in [0.1, 0.15) is 34.1 Å². The molecule has 0 spiro atoms. The molecule has 6 nitrogen and oxygen atoms in total. The first-order valence-electron chi connectivity index (χ1n) is 9.98. The SMILES string of the molecule is CC(C)NC(=O)CSc1nc2ccccc2n1CC(=O)N1C[C@H](C)C[C@H](C)C1. The van der Waals surface area contributed by atoms with Crippen LogP contribution in [-0.2, 0) is 16.1 Å². The van der Waals surface area contributed by atoms with Crippen molar-refractivity contribution in [2.75, 3.05) is 18.8 Å². The van der Waals surface area contributed by atoms with Crippen LogP contribution >= 0.6 is 11.8 Å². The number of thioether (sulfide) groups is 1. The molecule has 2 atom stereocenters. The lowest BCUT2D eigenvalue weighted by Crippen LogP contribution is -2.44. The van der Waals surface area contributed by atoms with Gasteiger partial charge in [-0.3, -0.25) is 9.59 Å².